The third kappa shape index (κ3) is 6.01. The summed E-state index contributed by atoms with van der Waals surface area (Å²) < 4.78 is 5.84. The van der Waals surface area contributed by atoms with Crippen molar-refractivity contribution in [1.82, 2.24) is 0 Å². The van der Waals surface area contributed by atoms with Crippen molar-refractivity contribution in [3.05, 3.63) is 0 Å². The van der Waals surface area contributed by atoms with E-state index in [1.54, 1.807) is 0 Å². The molecule has 0 spiro atoms. The summed E-state index contributed by atoms with van der Waals surface area (Å²) in [6, 6.07) is 0. The minimum absolute atomic E-state index is 0.0396. The number of carboxylic acid groups (broad SMARTS) is 1. The van der Waals surface area contributed by atoms with Crippen LogP contribution < -0.4 is 0 Å². The summed E-state index contributed by atoms with van der Waals surface area (Å²) in [5.41, 5.74) is 0.586. The lowest BCUT2D eigenvalue weighted by molar-refractivity contribution is -0.164. The first kappa shape index (κ1) is 25.2. The Morgan fingerprint density at radius 2 is 1.80 bits per heavy atom. The van der Waals surface area contributed by atoms with Crippen LogP contribution in [-0.4, -0.2) is 23.7 Å². The first-order chi connectivity index (χ1) is 14.0. The molecule has 0 aromatic heterocycles. The van der Waals surface area contributed by atoms with Gasteiger partial charge < -0.3 is 9.84 Å². The van der Waals surface area contributed by atoms with E-state index in [4.69, 9.17) is 4.74 Å². The van der Waals surface area contributed by atoms with Crippen LogP contribution in [0.4, 0.5) is 0 Å². The van der Waals surface area contributed by atoms with E-state index in [1.165, 1.54) is 38.5 Å². The lowest BCUT2D eigenvalue weighted by atomic mass is 9.55. The molecule has 0 aromatic rings. The summed E-state index contributed by atoms with van der Waals surface area (Å²) in [6.45, 7) is 14.2. The molecule has 2 fully saturated rings. The van der Waals surface area contributed by atoms with Crippen molar-refractivity contribution in [1.29, 1.82) is 0 Å². The molecule has 6 unspecified atom stereocenters. The average molecular weight is 423 g/mol. The molecule has 1 N–H and O–H groups in total. The minimum atomic E-state index is -0.847. The number of hydrogen-bond acceptors (Lipinski definition) is 3. The van der Waals surface area contributed by atoms with Crippen LogP contribution >= 0.6 is 0 Å². The molecule has 2 saturated carbocycles. The van der Waals surface area contributed by atoms with Gasteiger partial charge in [-0.1, -0.05) is 73.6 Å². The van der Waals surface area contributed by atoms with Gasteiger partial charge in [-0.05, 0) is 60.7 Å². The quantitative estimate of drug-likeness (QED) is 0.348. The lowest BCUT2D eigenvalue weighted by Crippen LogP contribution is -2.43. The maximum Gasteiger partial charge on any atom is 0.309 e. The van der Waals surface area contributed by atoms with E-state index >= 15 is 0 Å². The van der Waals surface area contributed by atoms with Crippen LogP contribution in [0.25, 0.3) is 0 Å². The molecule has 0 saturated heterocycles. The predicted molar refractivity (Wildman–Crippen MR) is 121 cm³/mol. The lowest BCUT2D eigenvalue weighted by Gasteiger charge is -2.50. The molecular formula is C26H46O4. The number of rotatable bonds is 8. The maximum absolute atomic E-state index is 12.9. The van der Waals surface area contributed by atoms with Gasteiger partial charge in [0.1, 0.15) is 0 Å². The maximum atomic E-state index is 12.9. The van der Waals surface area contributed by atoms with E-state index in [0.717, 1.165) is 19.3 Å². The number of carboxylic acids is 1. The molecule has 0 aliphatic heterocycles. The van der Waals surface area contributed by atoms with Gasteiger partial charge in [0.05, 0.1) is 18.4 Å². The largest absolute Gasteiger partial charge is 0.481 e. The molecule has 2 rings (SSSR count). The van der Waals surface area contributed by atoms with Gasteiger partial charge in [0.15, 0.2) is 0 Å². The topological polar surface area (TPSA) is 63.6 Å². The number of esters is 1. The number of unbranched alkanes of at least 4 members (excludes halogenated alkanes) is 2. The Kier molecular flexibility index (Phi) is 8.82. The van der Waals surface area contributed by atoms with E-state index in [0.29, 0.717) is 30.3 Å². The summed E-state index contributed by atoms with van der Waals surface area (Å²) in [4.78, 5) is 24.6. The van der Waals surface area contributed by atoms with Crippen molar-refractivity contribution in [2.45, 2.75) is 106 Å². The van der Waals surface area contributed by atoms with Crippen molar-refractivity contribution >= 4 is 11.9 Å². The van der Waals surface area contributed by atoms with Crippen molar-refractivity contribution in [2.24, 2.45) is 40.4 Å². The average Bonchev–Trinajstić information content (AvgIpc) is 2.66. The summed E-state index contributed by atoms with van der Waals surface area (Å²) in [5, 5.41) is 9.63. The SMILES string of the molecule is CCCCCC1CC(C)(C(C)(C)C)CCC1COC(=O)C1CCCC(C)C1C(=O)O. The van der Waals surface area contributed by atoms with Crippen molar-refractivity contribution in [3.8, 4) is 0 Å². The molecule has 0 bridgehead atoms. The van der Waals surface area contributed by atoms with Gasteiger partial charge in [-0.2, -0.15) is 0 Å². The molecule has 4 heteroatoms. The fraction of sp³-hybridized carbons (Fsp3) is 0.923. The smallest absolute Gasteiger partial charge is 0.309 e. The van der Waals surface area contributed by atoms with Crippen molar-refractivity contribution in [2.75, 3.05) is 6.61 Å². The molecule has 0 heterocycles. The highest BCUT2D eigenvalue weighted by atomic mass is 16.5. The Morgan fingerprint density at radius 1 is 1.10 bits per heavy atom. The number of carbonyl (C=O) groups is 2. The number of carbonyl (C=O) groups excluding carboxylic acids is 1. The zero-order chi connectivity index (χ0) is 22.5. The van der Waals surface area contributed by atoms with Crippen LogP contribution in [0.15, 0.2) is 0 Å². The molecule has 174 valence electrons. The molecule has 6 atom stereocenters. The van der Waals surface area contributed by atoms with Gasteiger partial charge in [-0.15, -0.1) is 0 Å². The van der Waals surface area contributed by atoms with Crippen LogP contribution in [0.2, 0.25) is 0 Å². The molecule has 0 aromatic carbocycles. The summed E-state index contributed by atoms with van der Waals surface area (Å²) in [6.07, 6.45) is 10.8. The summed E-state index contributed by atoms with van der Waals surface area (Å²) in [5.74, 6) is -1.16. The predicted octanol–water partition coefficient (Wildman–Crippen LogP) is 6.72. The second-order valence-corrected chi connectivity index (χ2v) is 11.6. The van der Waals surface area contributed by atoms with E-state index in [9.17, 15) is 14.7 Å². The summed E-state index contributed by atoms with van der Waals surface area (Å²) in [7, 11) is 0. The van der Waals surface area contributed by atoms with E-state index in [1.807, 2.05) is 6.92 Å². The third-order valence-electron chi connectivity index (χ3n) is 8.68. The molecule has 0 amide bonds. The van der Waals surface area contributed by atoms with E-state index in [2.05, 4.69) is 34.6 Å². The first-order valence-electron chi connectivity index (χ1n) is 12.4. The van der Waals surface area contributed by atoms with E-state index < -0.39 is 17.8 Å². The minimum Gasteiger partial charge on any atom is -0.481 e. The van der Waals surface area contributed by atoms with Crippen LogP contribution in [0.1, 0.15) is 106 Å². The molecular weight excluding hydrogens is 376 g/mol. The second-order valence-electron chi connectivity index (χ2n) is 11.6. The zero-order valence-electron chi connectivity index (χ0n) is 20.3. The highest BCUT2D eigenvalue weighted by molar-refractivity contribution is 5.81. The zero-order valence-corrected chi connectivity index (χ0v) is 20.3. The second kappa shape index (κ2) is 10.5. The Hall–Kier alpha value is -1.06. The van der Waals surface area contributed by atoms with Gasteiger partial charge in [-0.3, -0.25) is 9.59 Å². The monoisotopic (exact) mass is 422 g/mol. The molecule has 2 aliphatic rings. The number of aliphatic carboxylic acids is 1. The first-order valence-corrected chi connectivity index (χ1v) is 12.4. The van der Waals surface area contributed by atoms with Crippen LogP contribution in [-0.2, 0) is 14.3 Å². The molecule has 0 radical (unpaired) electrons. The fourth-order valence-electron chi connectivity index (χ4n) is 5.87. The third-order valence-corrected chi connectivity index (χ3v) is 8.68. The number of ether oxygens (including phenoxy) is 1. The molecule has 30 heavy (non-hydrogen) atoms. The van der Waals surface area contributed by atoms with Crippen molar-refractivity contribution in [3.63, 3.8) is 0 Å². The van der Waals surface area contributed by atoms with Gasteiger partial charge in [0, 0.05) is 0 Å². The van der Waals surface area contributed by atoms with Gasteiger partial charge >= 0.3 is 11.9 Å². The van der Waals surface area contributed by atoms with Gasteiger partial charge in [-0.25, -0.2) is 0 Å². The Balaban J connectivity index is 2.02. The van der Waals surface area contributed by atoms with Crippen LogP contribution in [0.5, 0.6) is 0 Å². The summed E-state index contributed by atoms with van der Waals surface area (Å²) >= 11 is 0. The fourth-order valence-corrected chi connectivity index (χ4v) is 5.87. The van der Waals surface area contributed by atoms with Crippen molar-refractivity contribution < 1.29 is 19.4 Å². The highest BCUT2D eigenvalue weighted by Crippen LogP contribution is 2.53. The van der Waals surface area contributed by atoms with Crippen LogP contribution in [0, 0.1) is 40.4 Å². The number of hydrogen-bond donors (Lipinski definition) is 1. The standard InChI is InChI=1S/C26H46O4/c1-7-8-9-12-19-16-26(6,25(3,4)5)15-14-20(19)17-30-24(29)21-13-10-11-18(2)22(21)23(27)28/h18-22H,7-17H2,1-6H3,(H,27,28). The van der Waals surface area contributed by atoms with Crippen LogP contribution in [0.3, 0.4) is 0 Å². The van der Waals surface area contributed by atoms with E-state index in [-0.39, 0.29) is 17.3 Å². The molecule has 2 aliphatic carbocycles. The highest BCUT2D eigenvalue weighted by Gasteiger charge is 2.45. The normalized spacial score (nSPS) is 35.1. The Bertz CT molecular complexity index is 578. The van der Waals surface area contributed by atoms with Gasteiger partial charge in [0.2, 0.25) is 0 Å². The molecule has 4 nitrogen and oxygen atoms in total. The Labute approximate surface area is 184 Å². The van der Waals surface area contributed by atoms with Gasteiger partial charge in [0.25, 0.3) is 0 Å². The Morgan fingerprint density at radius 3 is 2.40 bits per heavy atom.